The SMILES string of the molecule is Cc1cccc2c1c(C(C)CC(=O)N1C3CC4CC1CC(O)(C4)C3)cn2S(=O)(=O)c1cccc2c1NCC=C2. The molecule has 39 heavy (non-hydrogen) atoms. The molecule has 3 aliphatic heterocycles. The van der Waals surface area contributed by atoms with E-state index in [2.05, 4.69) is 10.2 Å². The van der Waals surface area contributed by atoms with Crippen molar-refractivity contribution < 1.29 is 18.3 Å². The average Bonchev–Trinajstić information content (AvgIpc) is 3.29. The van der Waals surface area contributed by atoms with Crippen molar-refractivity contribution in [1.82, 2.24) is 8.87 Å². The second kappa shape index (κ2) is 8.70. The summed E-state index contributed by atoms with van der Waals surface area (Å²) in [5, 5.41) is 15.1. The summed E-state index contributed by atoms with van der Waals surface area (Å²) >= 11 is 0. The van der Waals surface area contributed by atoms with Crippen LogP contribution in [0.5, 0.6) is 0 Å². The van der Waals surface area contributed by atoms with Crippen molar-refractivity contribution in [2.24, 2.45) is 5.92 Å². The number of rotatable bonds is 5. The molecule has 4 bridgehead atoms. The third kappa shape index (κ3) is 3.86. The van der Waals surface area contributed by atoms with Gasteiger partial charge < -0.3 is 15.3 Å². The van der Waals surface area contributed by atoms with Crippen LogP contribution < -0.4 is 5.32 Å². The number of aromatic nitrogens is 1. The van der Waals surface area contributed by atoms with Crippen LogP contribution >= 0.6 is 0 Å². The second-order valence-corrected chi connectivity index (χ2v) is 14.0. The van der Waals surface area contributed by atoms with Crippen molar-refractivity contribution in [3.63, 3.8) is 0 Å². The lowest BCUT2D eigenvalue weighted by Gasteiger charge is -2.59. The molecule has 2 aromatic carbocycles. The van der Waals surface area contributed by atoms with Crippen LogP contribution in [-0.4, -0.2) is 52.5 Å². The summed E-state index contributed by atoms with van der Waals surface area (Å²) in [5.41, 5.74) is 3.37. The molecule has 2 saturated carbocycles. The van der Waals surface area contributed by atoms with Crippen LogP contribution in [0.4, 0.5) is 5.69 Å². The van der Waals surface area contributed by atoms with E-state index in [1.165, 1.54) is 3.97 Å². The van der Waals surface area contributed by atoms with Crippen LogP contribution in [0.1, 0.15) is 68.1 Å². The number of anilines is 1. The van der Waals surface area contributed by atoms with Crippen LogP contribution in [-0.2, 0) is 14.8 Å². The highest BCUT2D eigenvalue weighted by atomic mass is 32.2. The monoisotopic (exact) mass is 545 g/mol. The van der Waals surface area contributed by atoms with Crippen LogP contribution in [0, 0.1) is 12.8 Å². The van der Waals surface area contributed by atoms with E-state index >= 15 is 0 Å². The molecule has 4 fully saturated rings. The first-order chi connectivity index (χ1) is 18.6. The van der Waals surface area contributed by atoms with Gasteiger partial charge in [-0.3, -0.25) is 4.79 Å². The van der Waals surface area contributed by atoms with E-state index in [0.29, 0.717) is 42.9 Å². The van der Waals surface area contributed by atoms with E-state index in [9.17, 15) is 18.3 Å². The minimum atomic E-state index is -3.91. The first kappa shape index (κ1) is 24.9. The fourth-order valence-electron chi connectivity index (χ4n) is 8.06. The highest BCUT2D eigenvalue weighted by Crippen LogP contribution is 2.51. The Morgan fingerprint density at radius 3 is 2.62 bits per heavy atom. The minimum Gasteiger partial charge on any atom is -0.390 e. The zero-order chi connectivity index (χ0) is 27.1. The maximum Gasteiger partial charge on any atom is 0.270 e. The van der Waals surface area contributed by atoms with Gasteiger partial charge in [-0.15, -0.1) is 0 Å². The number of para-hydroxylation sites is 1. The second-order valence-electron chi connectivity index (χ2n) is 12.2. The van der Waals surface area contributed by atoms with Crippen LogP contribution in [0.3, 0.4) is 0 Å². The summed E-state index contributed by atoms with van der Waals surface area (Å²) in [6, 6.07) is 11.3. The Balaban J connectivity index is 1.25. The summed E-state index contributed by atoms with van der Waals surface area (Å²) in [7, 11) is -3.91. The van der Waals surface area contributed by atoms with Crippen molar-refractivity contribution in [3.05, 3.63) is 65.4 Å². The molecule has 2 aliphatic carbocycles. The van der Waals surface area contributed by atoms with Crippen LogP contribution in [0.15, 0.2) is 53.6 Å². The number of hydrogen-bond acceptors (Lipinski definition) is 5. The van der Waals surface area contributed by atoms with E-state index in [1.54, 1.807) is 18.3 Å². The maximum absolute atomic E-state index is 14.1. The number of fused-ring (bicyclic) bond motifs is 2. The zero-order valence-corrected chi connectivity index (χ0v) is 23.2. The van der Waals surface area contributed by atoms with E-state index < -0.39 is 15.6 Å². The number of hydrogen-bond donors (Lipinski definition) is 2. The van der Waals surface area contributed by atoms with Gasteiger partial charge in [-0.25, -0.2) is 12.4 Å². The molecule has 4 heterocycles. The standard InChI is InChI=1S/C31H35N3O4S/c1-19-6-3-9-26-29(19)25(18-33(26)39(37,38)27-10-4-7-22-8-5-11-32-30(22)27)20(2)12-28(35)34-23-13-21-14-24(34)17-31(36,15-21)16-23/h3-10,18,20-21,23-24,32,36H,11-17H2,1-2H3. The summed E-state index contributed by atoms with van der Waals surface area (Å²) in [6.45, 7) is 4.60. The van der Waals surface area contributed by atoms with Gasteiger partial charge in [0.2, 0.25) is 5.91 Å². The molecule has 1 amide bonds. The normalized spacial score (nSPS) is 28.0. The number of piperidine rings is 2. The van der Waals surface area contributed by atoms with Gasteiger partial charge in [-0.05, 0) is 79.7 Å². The van der Waals surface area contributed by atoms with Crippen molar-refractivity contribution >= 4 is 38.6 Å². The summed E-state index contributed by atoms with van der Waals surface area (Å²) < 4.78 is 29.7. The Hall–Kier alpha value is -3.10. The summed E-state index contributed by atoms with van der Waals surface area (Å²) in [4.78, 5) is 16.0. The van der Waals surface area contributed by atoms with Crippen molar-refractivity contribution in [2.75, 3.05) is 11.9 Å². The number of carbonyl (C=O) groups is 1. The minimum absolute atomic E-state index is 0.116. The van der Waals surface area contributed by atoms with Gasteiger partial charge >= 0.3 is 0 Å². The van der Waals surface area contributed by atoms with Gasteiger partial charge in [0.05, 0.1) is 16.8 Å². The first-order valence-corrected chi connectivity index (χ1v) is 15.5. The molecule has 3 unspecified atom stereocenters. The number of nitrogens with one attached hydrogen (secondary N) is 1. The predicted octanol–water partition coefficient (Wildman–Crippen LogP) is 5.02. The molecule has 1 aromatic heterocycles. The topological polar surface area (TPSA) is 91.6 Å². The largest absolute Gasteiger partial charge is 0.390 e. The van der Waals surface area contributed by atoms with E-state index in [4.69, 9.17) is 0 Å². The van der Waals surface area contributed by atoms with Crippen molar-refractivity contribution in [3.8, 4) is 0 Å². The molecular formula is C31H35N3O4S. The molecule has 3 atom stereocenters. The molecule has 2 saturated heterocycles. The Labute approximate surface area is 229 Å². The van der Waals surface area contributed by atoms with Gasteiger partial charge in [0.1, 0.15) is 4.90 Å². The number of aliphatic hydroxyl groups is 1. The molecule has 3 aromatic rings. The smallest absolute Gasteiger partial charge is 0.270 e. The van der Waals surface area contributed by atoms with Crippen molar-refractivity contribution in [2.45, 2.75) is 80.9 Å². The summed E-state index contributed by atoms with van der Waals surface area (Å²) in [5.74, 6) is 0.474. The van der Waals surface area contributed by atoms with Crippen LogP contribution in [0.25, 0.3) is 17.0 Å². The highest BCUT2D eigenvalue weighted by molar-refractivity contribution is 7.90. The molecular weight excluding hydrogens is 510 g/mol. The summed E-state index contributed by atoms with van der Waals surface area (Å²) in [6.07, 6.45) is 10.2. The van der Waals surface area contributed by atoms with Crippen LogP contribution in [0.2, 0.25) is 0 Å². The maximum atomic E-state index is 14.1. The number of carbonyl (C=O) groups excluding carboxylic acids is 1. The van der Waals surface area contributed by atoms with E-state index in [0.717, 1.165) is 41.3 Å². The van der Waals surface area contributed by atoms with E-state index in [1.807, 2.05) is 50.3 Å². The number of amides is 1. The molecule has 7 nitrogen and oxygen atoms in total. The predicted molar refractivity (Wildman–Crippen MR) is 152 cm³/mol. The Morgan fingerprint density at radius 2 is 1.87 bits per heavy atom. The molecule has 5 aliphatic rings. The van der Waals surface area contributed by atoms with Gasteiger partial charge in [-0.2, -0.15) is 0 Å². The van der Waals surface area contributed by atoms with Gasteiger partial charge in [-0.1, -0.05) is 43.3 Å². The number of aryl methyl sites for hydroxylation is 1. The molecule has 0 spiro atoms. The fourth-order valence-corrected chi connectivity index (χ4v) is 9.63. The Bertz CT molecular complexity index is 1620. The molecule has 204 valence electrons. The lowest BCUT2D eigenvalue weighted by molar-refractivity contribution is -0.174. The quantitative estimate of drug-likeness (QED) is 0.470. The Kier molecular flexibility index (Phi) is 5.56. The molecule has 2 N–H and O–H groups in total. The van der Waals surface area contributed by atoms with Gasteiger partial charge in [0, 0.05) is 36.6 Å². The third-order valence-electron chi connectivity index (χ3n) is 9.52. The average molecular weight is 546 g/mol. The van der Waals surface area contributed by atoms with Gasteiger partial charge in [0.15, 0.2) is 0 Å². The third-order valence-corrected chi connectivity index (χ3v) is 11.2. The lowest BCUT2D eigenvalue weighted by atomic mass is 9.61. The molecule has 8 rings (SSSR count). The number of nitrogens with zero attached hydrogens (tertiary/aromatic N) is 2. The number of benzene rings is 2. The highest BCUT2D eigenvalue weighted by Gasteiger charge is 2.55. The first-order valence-electron chi connectivity index (χ1n) is 14.1. The van der Waals surface area contributed by atoms with E-state index in [-0.39, 0.29) is 28.8 Å². The molecule has 8 heteroatoms. The Morgan fingerprint density at radius 1 is 1.13 bits per heavy atom. The zero-order valence-electron chi connectivity index (χ0n) is 22.4. The fraction of sp³-hybridized carbons (Fsp3) is 0.452. The van der Waals surface area contributed by atoms with Crippen molar-refractivity contribution in [1.29, 1.82) is 0 Å². The lowest BCUT2D eigenvalue weighted by Crippen LogP contribution is -2.65. The van der Waals surface area contributed by atoms with Gasteiger partial charge in [0.25, 0.3) is 10.0 Å². The molecule has 0 radical (unpaired) electrons.